The van der Waals surface area contributed by atoms with E-state index in [-0.39, 0.29) is 11.8 Å². The summed E-state index contributed by atoms with van der Waals surface area (Å²) in [5.74, 6) is 1.15. The summed E-state index contributed by atoms with van der Waals surface area (Å²) in [6.07, 6.45) is 0. The molecular formula is C14H18ClN3O2. The third-order valence-electron chi connectivity index (χ3n) is 3.19. The van der Waals surface area contributed by atoms with E-state index in [1.807, 2.05) is 13.8 Å². The molecule has 0 saturated heterocycles. The van der Waals surface area contributed by atoms with Crippen molar-refractivity contribution in [3.63, 3.8) is 0 Å². The van der Waals surface area contributed by atoms with Crippen LogP contribution in [-0.2, 0) is 4.79 Å². The molecule has 0 atom stereocenters. The first-order chi connectivity index (χ1) is 9.35. The fourth-order valence-electron chi connectivity index (χ4n) is 2.04. The van der Waals surface area contributed by atoms with Crippen LogP contribution in [0, 0.1) is 5.41 Å². The number of halogens is 1. The zero-order valence-corrected chi connectivity index (χ0v) is 12.6. The third-order valence-corrected chi connectivity index (χ3v) is 3.46. The highest BCUT2D eigenvalue weighted by Crippen LogP contribution is 2.37. The Morgan fingerprint density at radius 3 is 2.90 bits per heavy atom. The first-order valence-corrected chi connectivity index (χ1v) is 6.82. The number of fused-ring (bicyclic) bond motifs is 1. The van der Waals surface area contributed by atoms with Crippen LogP contribution in [-0.4, -0.2) is 31.3 Å². The van der Waals surface area contributed by atoms with Gasteiger partial charge in [-0.1, -0.05) is 0 Å². The molecule has 0 saturated carbocycles. The normalized spacial score (nSPS) is 18.3. The molecule has 1 heterocycles. The Kier molecular flexibility index (Phi) is 3.90. The number of carbonyl (C=O) groups is 1. The molecule has 2 rings (SSSR count). The quantitative estimate of drug-likeness (QED) is 0.517. The number of rotatable bonds is 2. The van der Waals surface area contributed by atoms with Gasteiger partial charge >= 0.3 is 0 Å². The number of anilines is 1. The zero-order valence-electron chi connectivity index (χ0n) is 11.8. The summed E-state index contributed by atoms with van der Waals surface area (Å²) in [7, 11) is 1.74. The Balaban J connectivity index is 2.42. The van der Waals surface area contributed by atoms with Crippen molar-refractivity contribution in [2.24, 2.45) is 16.1 Å². The number of benzene rings is 1. The topological polar surface area (TPSA) is 67.9 Å². The summed E-state index contributed by atoms with van der Waals surface area (Å²) in [5, 5.41) is 0. The summed E-state index contributed by atoms with van der Waals surface area (Å²) in [5.41, 5.74) is 6.43. The van der Waals surface area contributed by atoms with Crippen molar-refractivity contribution in [3.8, 4) is 5.75 Å². The second-order valence-electron chi connectivity index (χ2n) is 5.43. The van der Waals surface area contributed by atoms with Gasteiger partial charge in [0.1, 0.15) is 18.2 Å². The van der Waals surface area contributed by atoms with Crippen LogP contribution < -0.4 is 15.4 Å². The number of aliphatic imine (C=N–C) groups is 1. The lowest BCUT2D eigenvalue weighted by Crippen LogP contribution is -2.39. The molecular weight excluding hydrogens is 278 g/mol. The summed E-state index contributed by atoms with van der Waals surface area (Å²) < 4.78 is 5.75. The second kappa shape index (κ2) is 5.32. The van der Waals surface area contributed by atoms with Crippen molar-refractivity contribution in [2.45, 2.75) is 13.8 Å². The Morgan fingerprint density at radius 1 is 1.55 bits per heavy atom. The van der Waals surface area contributed by atoms with Gasteiger partial charge in [0.05, 0.1) is 22.7 Å². The molecule has 6 heteroatoms. The van der Waals surface area contributed by atoms with Crippen LogP contribution in [0.4, 0.5) is 11.4 Å². The molecule has 0 spiro atoms. The SMILES string of the molecule is CN1C(=O)C(C)(C)COc2cc(N=C(N)CCl)ccc21. The number of amides is 1. The van der Waals surface area contributed by atoms with Crippen molar-refractivity contribution in [1.29, 1.82) is 0 Å². The van der Waals surface area contributed by atoms with Crippen molar-refractivity contribution in [1.82, 2.24) is 0 Å². The van der Waals surface area contributed by atoms with Gasteiger partial charge in [0, 0.05) is 13.1 Å². The Labute approximate surface area is 123 Å². The van der Waals surface area contributed by atoms with Crippen LogP contribution in [0.1, 0.15) is 13.8 Å². The summed E-state index contributed by atoms with van der Waals surface area (Å²) in [6.45, 7) is 4.05. The molecule has 1 aliphatic heterocycles. The largest absolute Gasteiger partial charge is 0.490 e. The highest BCUT2D eigenvalue weighted by atomic mass is 35.5. The van der Waals surface area contributed by atoms with E-state index in [2.05, 4.69) is 4.99 Å². The fraction of sp³-hybridized carbons (Fsp3) is 0.429. The number of nitrogens with two attached hydrogens (primary N) is 1. The van der Waals surface area contributed by atoms with Crippen molar-refractivity contribution in [2.75, 3.05) is 24.4 Å². The number of ether oxygens (including phenoxy) is 1. The number of alkyl halides is 1. The van der Waals surface area contributed by atoms with Crippen molar-refractivity contribution in [3.05, 3.63) is 18.2 Å². The molecule has 5 nitrogen and oxygen atoms in total. The molecule has 0 fully saturated rings. The highest BCUT2D eigenvalue weighted by molar-refractivity contribution is 6.28. The number of nitrogens with zero attached hydrogens (tertiary/aromatic N) is 2. The summed E-state index contributed by atoms with van der Waals surface area (Å²) >= 11 is 5.61. The van der Waals surface area contributed by atoms with Gasteiger partial charge in [-0.2, -0.15) is 0 Å². The lowest BCUT2D eigenvalue weighted by molar-refractivity contribution is -0.127. The second-order valence-corrected chi connectivity index (χ2v) is 5.69. The Hall–Kier alpha value is -1.75. The molecule has 0 bridgehead atoms. The molecule has 20 heavy (non-hydrogen) atoms. The number of hydrogen-bond acceptors (Lipinski definition) is 3. The number of hydrogen-bond donors (Lipinski definition) is 1. The van der Waals surface area contributed by atoms with Gasteiger partial charge in [-0.15, -0.1) is 11.6 Å². The standard InChI is InChI=1S/C14H18ClN3O2/c1-14(2)8-20-11-6-9(17-12(16)7-15)4-5-10(11)18(3)13(14)19/h4-6H,7-8H2,1-3H3,(H2,16,17). The van der Waals surface area contributed by atoms with E-state index in [4.69, 9.17) is 22.1 Å². The van der Waals surface area contributed by atoms with Gasteiger partial charge in [-0.05, 0) is 26.0 Å². The molecule has 0 aromatic heterocycles. The molecule has 1 aromatic carbocycles. The first kappa shape index (κ1) is 14.7. The van der Waals surface area contributed by atoms with Gasteiger partial charge in [-0.3, -0.25) is 4.79 Å². The van der Waals surface area contributed by atoms with E-state index in [1.165, 1.54) is 0 Å². The number of amidine groups is 1. The fourth-order valence-corrected chi connectivity index (χ4v) is 2.10. The van der Waals surface area contributed by atoms with E-state index in [1.54, 1.807) is 30.1 Å². The maximum Gasteiger partial charge on any atom is 0.235 e. The monoisotopic (exact) mass is 295 g/mol. The summed E-state index contributed by atoms with van der Waals surface area (Å²) in [4.78, 5) is 18.1. The maximum atomic E-state index is 12.3. The van der Waals surface area contributed by atoms with E-state index >= 15 is 0 Å². The minimum absolute atomic E-state index is 0.0211. The predicted molar refractivity (Wildman–Crippen MR) is 81.1 cm³/mol. The number of carbonyl (C=O) groups excluding carboxylic acids is 1. The predicted octanol–water partition coefficient (Wildman–Crippen LogP) is 2.30. The highest BCUT2D eigenvalue weighted by Gasteiger charge is 2.36. The molecule has 0 unspecified atom stereocenters. The van der Waals surface area contributed by atoms with Crippen LogP contribution in [0.2, 0.25) is 0 Å². The maximum absolute atomic E-state index is 12.3. The van der Waals surface area contributed by atoms with Crippen LogP contribution in [0.5, 0.6) is 5.75 Å². The molecule has 2 N–H and O–H groups in total. The molecule has 0 radical (unpaired) electrons. The molecule has 108 valence electrons. The van der Waals surface area contributed by atoms with Crippen molar-refractivity contribution >= 4 is 34.7 Å². The zero-order chi connectivity index (χ0) is 14.9. The smallest absolute Gasteiger partial charge is 0.235 e. The molecule has 1 aliphatic rings. The van der Waals surface area contributed by atoms with E-state index in [9.17, 15) is 4.79 Å². The van der Waals surface area contributed by atoms with Gasteiger partial charge in [-0.25, -0.2) is 4.99 Å². The lowest BCUT2D eigenvalue weighted by Gasteiger charge is -2.24. The molecule has 1 aromatic rings. The van der Waals surface area contributed by atoms with Gasteiger partial charge in [0.15, 0.2) is 0 Å². The molecule has 1 amide bonds. The minimum Gasteiger partial charge on any atom is -0.490 e. The van der Waals surface area contributed by atoms with Crippen molar-refractivity contribution < 1.29 is 9.53 Å². The minimum atomic E-state index is -0.563. The molecule has 0 aliphatic carbocycles. The van der Waals surface area contributed by atoms with Gasteiger partial charge in [0.2, 0.25) is 5.91 Å². The van der Waals surface area contributed by atoms with E-state index in [0.29, 0.717) is 23.9 Å². The average Bonchev–Trinajstić information content (AvgIpc) is 2.50. The van der Waals surface area contributed by atoms with E-state index < -0.39 is 5.41 Å². The van der Waals surface area contributed by atoms with Crippen LogP contribution >= 0.6 is 11.6 Å². The summed E-state index contributed by atoms with van der Waals surface area (Å²) in [6, 6.07) is 5.35. The Bertz CT molecular complexity index is 570. The average molecular weight is 296 g/mol. The van der Waals surface area contributed by atoms with Crippen LogP contribution in [0.25, 0.3) is 0 Å². The third kappa shape index (κ3) is 2.72. The first-order valence-electron chi connectivity index (χ1n) is 6.29. The lowest BCUT2D eigenvalue weighted by atomic mass is 9.93. The van der Waals surface area contributed by atoms with E-state index in [0.717, 1.165) is 5.69 Å². The Morgan fingerprint density at radius 2 is 2.25 bits per heavy atom. The van der Waals surface area contributed by atoms with Gasteiger partial charge in [0.25, 0.3) is 0 Å². The van der Waals surface area contributed by atoms with Crippen LogP contribution in [0.15, 0.2) is 23.2 Å². The van der Waals surface area contributed by atoms with Gasteiger partial charge < -0.3 is 15.4 Å². The van der Waals surface area contributed by atoms with Crippen LogP contribution in [0.3, 0.4) is 0 Å².